The topological polar surface area (TPSA) is 98.2 Å². The lowest BCUT2D eigenvalue weighted by Gasteiger charge is -2.30. The molecule has 1 unspecified atom stereocenters. The molecule has 1 saturated heterocycles. The van der Waals surface area contributed by atoms with E-state index in [0.717, 1.165) is 33.0 Å². The van der Waals surface area contributed by atoms with Gasteiger partial charge in [0.05, 0.1) is 24.8 Å². The van der Waals surface area contributed by atoms with Crippen LogP contribution in [-0.2, 0) is 10.7 Å². The van der Waals surface area contributed by atoms with E-state index in [0.29, 0.717) is 47.3 Å². The van der Waals surface area contributed by atoms with Crippen LogP contribution in [0.1, 0.15) is 32.2 Å². The van der Waals surface area contributed by atoms with Gasteiger partial charge in [-0.1, -0.05) is 6.07 Å². The summed E-state index contributed by atoms with van der Waals surface area (Å²) in [5.74, 6) is -3.74. The number of aryl methyl sites for hydroxylation is 1. The van der Waals surface area contributed by atoms with Crippen molar-refractivity contribution in [2.24, 2.45) is 0 Å². The Kier molecular flexibility index (Phi) is 8.62. The van der Waals surface area contributed by atoms with Crippen LogP contribution in [0.5, 0.6) is 17.2 Å². The highest BCUT2D eigenvalue weighted by atomic mass is 19.3. The van der Waals surface area contributed by atoms with Crippen LogP contribution < -0.4 is 19.5 Å². The summed E-state index contributed by atoms with van der Waals surface area (Å²) < 4.78 is 67.5. The number of hydrogen-bond acceptors (Lipinski definition) is 9. The van der Waals surface area contributed by atoms with Crippen molar-refractivity contribution in [3.05, 3.63) is 47.5 Å². The average molecular weight is 565 g/mol. The number of alkyl halides is 2. The molecule has 1 fully saturated rings. The third-order valence-electron chi connectivity index (χ3n) is 6.57. The fourth-order valence-corrected chi connectivity index (χ4v) is 4.37. The summed E-state index contributed by atoms with van der Waals surface area (Å²) in [5.41, 5.74) is -2.87. The van der Waals surface area contributed by atoms with E-state index in [9.17, 15) is 13.9 Å². The Bertz CT molecular complexity index is 1350. The number of halogens is 3. The lowest BCUT2D eigenvalue weighted by Crippen LogP contribution is -2.42. The van der Waals surface area contributed by atoms with E-state index in [4.69, 9.17) is 18.9 Å². The van der Waals surface area contributed by atoms with Gasteiger partial charge in [-0.25, -0.2) is 14.4 Å². The van der Waals surface area contributed by atoms with Gasteiger partial charge in [0, 0.05) is 24.5 Å². The number of fused-ring (bicyclic) bond motifs is 1. The number of aromatic nitrogens is 2. The number of hydrogen-bond donors (Lipinski definition) is 2. The summed E-state index contributed by atoms with van der Waals surface area (Å²) >= 11 is 0. The fourth-order valence-electron chi connectivity index (χ4n) is 4.37. The molecule has 4 rings (SSSR count). The molecule has 1 aliphatic heterocycles. The van der Waals surface area contributed by atoms with E-state index < -0.39 is 34.9 Å². The first kappa shape index (κ1) is 29.6. The summed E-state index contributed by atoms with van der Waals surface area (Å²) in [6.45, 7) is 7.66. The standard InChI is InChI=1S/C28H35F3N4O5/c1-16-32-21-13-23(37-6)24(39-15-18-14-35(5)10-11-38-18)12-19(21)26(33-16)34-17(2)40-22-9-7-8-20(25(22)29)28(30,31)27(3,4)36/h7-9,12-13,17-18,36H,10-11,14-15H2,1-6H3,(H,32,33,34)/t17?,18-/m0/s1. The van der Waals surface area contributed by atoms with Gasteiger partial charge in [0.15, 0.2) is 29.3 Å². The van der Waals surface area contributed by atoms with E-state index in [1.165, 1.54) is 19.2 Å². The maximum atomic E-state index is 15.1. The van der Waals surface area contributed by atoms with E-state index in [1.54, 1.807) is 26.0 Å². The molecule has 2 atom stereocenters. The Morgan fingerprint density at radius 1 is 1.20 bits per heavy atom. The van der Waals surface area contributed by atoms with Crippen LogP contribution in [0.25, 0.3) is 10.9 Å². The molecular weight excluding hydrogens is 529 g/mol. The third kappa shape index (κ3) is 6.34. The summed E-state index contributed by atoms with van der Waals surface area (Å²) in [6.07, 6.45) is -0.996. The summed E-state index contributed by atoms with van der Waals surface area (Å²) in [5, 5.41) is 13.5. The number of likely N-dealkylation sites (N-methyl/N-ethyl adjacent to an activating group) is 1. The number of anilines is 1. The molecule has 0 amide bonds. The van der Waals surface area contributed by atoms with Crippen molar-refractivity contribution in [1.29, 1.82) is 0 Å². The second-order valence-electron chi connectivity index (χ2n) is 10.4. The minimum atomic E-state index is -3.85. The van der Waals surface area contributed by atoms with E-state index >= 15 is 4.39 Å². The predicted molar refractivity (Wildman–Crippen MR) is 144 cm³/mol. The van der Waals surface area contributed by atoms with Crippen LogP contribution in [-0.4, -0.2) is 78.4 Å². The van der Waals surface area contributed by atoms with E-state index in [-0.39, 0.29) is 6.10 Å². The van der Waals surface area contributed by atoms with E-state index in [2.05, 4.69) is 20.2 Å². The molecule has 0 saturated carbocycles. The number of methoxy groups -OCH3 is 1. The number of morpholine rings is 1. The Labute approximate surface area is 231 Å². The minimum Gasteiger partial charge on any atom is -0.493 e. The normalized spacial score (nSPS) is 17.5. The van der Waals surface area contributed by atoms with Crippen molar-refractivity contribution in [3.63, 3.8) is 0 Å². The van der Waals surface area contributed by atoms with Gasteiger partial charge in [0.2, 0.25) is 0 Å². The number of benzene rings is 2. The molecule has 1 aromatic heterocycles. The molecule has 0 spiro atoms. The second kappa shape index (κ2) is 11.6. The summed E-state index contributed by atoms with van der Waals surface area (Å²) in [7, 11) is 3.56. The smallest absolute Gasteiger partial charge is 0.303 e. The zero-order valence-electron chi connectivity index (χ0n) is 23.4. The van der Waals surface area contributed by atoms with Crippen molar-refractivity contribution in [1.82, 2.24) is 14.9 Å². The highest BCUT2D eigenvalue weighted by Gasteiger charge is 2.49. The minimum absolute atomic E-state index is 0.103. The molecule has 0 aliphatic carbocycles. The number of ether oxygens (including phenoxy) is 4. The number of rotatable bonds is 10. The average Bonchev–Trinajstić information content (AvgIpc) is 2.87. The Hall–Kier alpha value is -3.35. The van der Waals surface area contributed by atoms with Crippen LogP contribution in [0.4, 0.5) is 19.0 Å². The molecule has 0 radical (unpaired) electrons. The third-order valence-corrected chi connectivity index (χ3v) is 6.57. The van der Waals surface area contributed by atoms with Crippen LogP contribution in [0.2, 0.25) is 0 Å². The first-order valence-electron chi connectivity index (χ1n) is 12.9. The van der Waals surface area contributed by atoms with Gasteiger partial charge in [-0.2, -0.15) is 8.78 Å². The highest BCUT2D eigenvalue weighted by Crippen LogP contribution is 2.42. The zero-order valence-corrected chi connectivity index (χ0v) is 23.4. The maximum Gasteiger partial charge on any atom is 0.303 e. The molecule has 12 heteroatoms. The SMILES string of the molecule is COc1cc2nc(C)nc(NC(C)Oc3cccc(C(F)(F)C(C)(C)O)c3F)c2cc1OC[C@@H]1CN(C)CCO1. The van der Waals surface area contributed by atoms with Crippen LogP contribution in [0.3, 0.4) is 0 Å². The monoisotopic (exact) mass is 564 g/mol. The van der Waals surface area contributed by atoms with Gasteiger partial charge in [-0.05, 0) is 52.9 Å². The molecule has 9 nitrogen and oxygen atoms in total. The molecule has 2 heterocycles. The molecule has 3 aromatic rings. The summed E-state index contributed by atoms with van der Waals surface area (Å²) in [4.78, 5) is 11.1. The Morgan fingerprint density at radius 2 is 1.95 bits per heavy atom. The van der Waals surface area contributed by atoms with Gasteiger partial charge in [-0.3, -0.25) is 0 Å². The van der Waals surface area contributed by atoms with Gasteiger partial charge in [0.25, 0.3) is 0 Å². The first-order valence-corrected chi connectivity index (χ1v) is 12.9. The van der Waals surface area contributed by atoms with Crippen molar-refractivity contribution in [3.8, 4) is 17.2 Å². The quantitative estimate of drug-likeness (QED) is 0.345. The highest BCUT2D eigenvalue weighted by molar-refractivity contribution is 5.91. The molecule has 1 aliphatic rings. The Balaban J connectivity index is 1.59. The van der Waals surface area contributed by atoms with Crippen LogP contribution >= 0.6 is 0 Å². The van der Waals surface area contributed by atoms with Crippen molar-refractivity contribution < 1.29 is 37.2 Å². The molecule has 218 valence electrons. The fraction of sp³-hybridized carbons (Fsp3) is 0.500. The van der Waals surface area contributed by atoms with Gasteiger partial charge in [-0.15, -0.1) is 0 Å². The molecule has 40 heavy (non-hydrogen) atoms. The molecule has 2 aromatic carbocycles. The number of nitrogens with one attached hydrogen (secondary N) is 1. The maximum absolute atomic E-state index is 15.1. The lowest BCUT2D eigenvalue weighted by atomic mass is 9.93. The van der Waals surface area contributed by atoms with Crippen molar-refractivity contribution in [2.75, 3.05) is 45.8 Å². The van der Waals surface area contributed by atoms with Crippen molar-refractivity contribution >= 4 is 16.7 Å². The van der Waals surface area contributed by atoms with Crippen LogP contribution in [0, 0.1) is 12.7 Å². The van der Waals surface area contributed by atoms with Gasteiger partial charge < -0.3 is 34.3 Å². The van der Waals surface area contributed by atoms with Crippen molar-refractivity contribution in [2.45, 2.75) is 51.6 Å². The summed E-state index contributed by atoms with van der Waals surface area (Å²) in [6, 6.07) is 6.87. The first-order chi connectivity index (χ1) is 18.8. The second-order valence-corrected chi connectivity index (χ2v) is 10.4. The molecule has 0 bridgehead atoms. The largest absolute Gasteiger partial charge is 0.493 e. The van der Waals surface area contributed by atoms with Gasteiger partial charge >= 0.3 is 5.92 Å². The number of nitrogens with zero attached hydrogens (tertiary/aromatic N) is 3. The number of aliphatic hydroxyl groups is 1. The molecular formula is C28H35F3N4O5. The predicted octanol–water partition coefficient (Wildman–Crippen LogP) is 4.49. The molecule has 2 N–H and O–H groups in total. The lowest BCUT2D eigenvalue weighted by molar-refractivity contribution is -0.170. The Morgan fingerprint density at radius 3 is 2.62 bits per heavy atom. The van der Waals surface area contributed by atoms with Gasteiger partial charge in [0.1, 0.15) is 30.0 Å². The van der Waals surface area contributed by atoms with Crippen LogP contribution in [0.15, 0.2) is 30.3 Å². The zero-order chi connectivity index (χ0) is 29.2. The van der Waals surface area contributed by atoms with E-state index in [1.807, 2.05) is 7.05 Å².